The number of hydrogen-bond donors (Lipinski definition) is 2. The second-order valence-corrected chi connectivity index (χ2v) is 9.01. The summed E-state index contributed by atoms with van der Waals surface area (Å²) >= 11 is 3.56. The number of aromatic nitrogens is 3. The Morgan fingerprint density at radius 1 is 1.16 bits per heavy atom. The van der Waals surface area contributed by atoms with Gasteiger partial charge in [0.25, 0.3) is 5.91 Å². The van der Waals surface area contributed by atoms with Crippen LogP contribution >= 0.6 is 15.9 Å². The second-order valence-electron chi connectivity index (χ2n) is 8.09. The molecule has 2 N–H and O–H groups in total. The topological polar surface area (TPSA) is 82.1 Å². The maximum absolute atomic E-state index is 13.5. The first kappa shape index (κ1) is 20.5. The number of aromatic amines is 1. The van der Waals surface area contributed by atoms with E-state index >= 15 is 0 Å². The molecular formula is C25H21BrN4O2. The number of aryl methyl sites for hydroxylation is 2. The first-order valence-corrected chi connectivity index (χ1v) is 11.1. The third kappa shape index (κ3) is 3.39. The molecule has 1 aliphatic heterocycles. The van der Waals surface area contributed by atoms with Crippen molar-refractivity contribution in [2.45, 2.75) is 26.4 Å². The van der Waals surface area contributed by atoms with E-state index in [9.17, 15) is 9.90 Å². The molecule has 7 heteroatoms. The highest BCUT2D eigenvalue weighted by Gasteiger charge is 2.42. The van der Waals surface area contributed by atoms with Gasteiger partial charge in [-0.3, -0.25) is 14.9 Å². The van der Waals surface area contributed by atoms with Crippen LogP contribution in [0.2, 0.25) is 0 Å². The molecule has 1 unspecified atom stereocenters. The van der Waals surface area contributed by atoms with E-state index in [4.69, 9.17) is 0 Å². The van der Waals surface area contributed by atoms with Gasteiger partial charge in [-0.25, -0.2) is 0 Å². The highest BCUT2D eigenvalue weighted by molar-refractivity contribution is 9.10. The van der Waals surface area contributed by atoms with Gasteiger partial charge in [0.05, 0.1) is 6.04 Å². The van der Waals surface area contributed by atoms with Crippen LogP contribution in [-0.4, -0.2) is 31.1 Å². The largest absolute Gasteiger partial charge is 0.507 e. The van der Waals surface area contributed by atoms with Crippen LogP contribution in [0.3, 0.4) is 0 Å². The van der Waals surface area contributed by atoms with Gasteiger partial charge in [-0.2, -0.15) is 5.10 Å². The molecule has 6 nitrogen and oxygen atoms in total. The first-order chi connectivity index (χ1) is 15.4. The van der Waals surface area contributed by atoms with Gasteiger partial charge in [0.15, 0.2) is 0 Å². The van der Waals surface area contributed by atoms with E-state index in [1.807, 2.05) is 67.3 Å². The maximum atomic E-state index is 13.5. The van der Waals surface area contributed by atoms with Crippen molar-refractivity contribution in [3.63, 3.8) is 0 Å². The lowest BCUT2D eigenvalue weighted by molar-refractivity contribution is 0.0730. The van der Waals surface area contributed by atoms with Crippen LogP contribution in [0.5, 0.6) is 5.75 Å². The molecule has 5 rings (SSSR count). The Kier molecular flexibility index (Phi) is 5.06. The molecule has 0 saturated heterocycles. The Morgan fingerprint density at radius 3 is 2.75 bits per heavy atom. The summed E-state index contributed by atoms with van der Waals surface area (Å²) in [5, 5.41) is 18.3. The zero-order valence-electron chi connectivity index (χ0n) is 17.6. The van der Waals surface area contributed by atoms with Gasteiger partial charge in [0.1, 0.15) is 17.1 Å². The third-order valence-corrected chi connectivity index (χ3v) is 6.30. The van der Waals surface area contributed by atoms with Crippen LogP contribution in [0, 0.1) is 13.8 Å². The van der Waals surface area contributed by atoms with E-state index in [0.717, 1.165) is 32.3 Å². The number of rotatable bonds is 4. The standard InChI is InChI=1S/C25H21BrN4O2/c1-14-9-15(2)24(31)19(10-14)21-20-22(29-28-21)25(32)30(13-16-5-4-8-27-12-16)23(20)17-6-3-7-18(26)11-17/h3-12,23,31H,13H2,1-2H3,(H,28,29). The van der Waals surface area contributed by atoms with Gasteiger partial charge in [-0.15, -0.1) is 0 Å². The quantitative estimate of drug-likeness (QED) is 0.408. The molecule has 0 fully saturated rings. The third-order valence-electron chi connectivity index (χ3n) is 5.80. The number of nitrogens with zero attached hydrogens (tertiary/aromatic N) is 3. The van der Waals surface area contributed by atoms with E-state index < -0.39 is 0 Å². The van der Waals surface area contributed by atoms with Crippen LogP contribution in [0.25, 0.3) is 11.3 Å². The molecule has 0 radical (unpaired) electrons. The lowest BCUT2D eigenvalue weighted by atomic mass is 9.94. The minimum Gasteiger partial charge on any atom is -0.507 e. The molecule has 0 saturated carbocycles. The summed E-state index contributed by atoms with van der Waals surface area (Å²) in [5.41, 5.74) is 6.13. The molecule has 2 aromatic carbocycles. The number of benzene rings is 2. The number of phenols is 1. The molecular weight excluding hydrogens is 468 g/mol. The van der Waals surface area contributed by atoms with Crippen molar-refractivity contribution in [3.8, 4) is 17.0 Å². The predicted molar refractivity (Wildman–Crippen MR) is 125 cm³/mol. The Bertz CT molecular complexity index is 1330. The number of fused-ring (bicyclic) bond motifs is 1. The first-order valence-electron chi connectivity index (χ1n) is 10.3. The molecule has 1 atom stereocenters. The van der Waals surface area contributed by atoms with E-state index in [1.54, 1.807) is 12.4 Å². The lowest BCUT2D eigenvalue weighted by Gasteiger charge is -2.26. The van der Waals surface area contributed by atoms with Crippen molar-refractivity contribution in [1.29, 1.82) is 0 Å². The predicted octanol–water partition coefficient (Wildman–Crippen LogP) is 5.30. The number of phenolic OH excluding ortho intramolecular Hbond substituents is 1. The van der Waals surface area contributed by atoms with Gasteiger partial charge in [0.2, 0.25) is 0 Å². The van der Waals surface area contributed by atoms with Gasteiger partial charge in [-0.1, -0.05) is 40.2 Å². The van der Waals surface area contributed by atoms with Crippen LogP contribution in [0.1, 0.15) is 44.3 Å². The van der Waals surface area contributed by atoms with Crippen molar-refractivity contribution in [3.05, 3.63) is 98.9 Å². The SMILES string of the molecule is Cc1cc(C)c(O)c(-c2n[nH]c3c2C(c2cccc(Br)c2)N(Cc2cccnc2)C3=O)c1. The molecule has 0 aliphatic carbocycles. The summed E-state index contributed by atoms with van der Waals surface area (Å²) in [6.45, 7) is 4.25. The van der Waals surface area contributed by atoms with E-state index in [2.05, 4.69) is 31.1 Å². The van der Waals surface area contributed by atoms with Crippen LogP contribution < -0.4 is 0 Å². The normalized spacial score (nSPS) is 15.3. The zero-order chi connectivity index (χ0) is 22.4. The number of pyridine rings is 1. The summed E-state index contributed by atoms with van der Waals surface area (Å²) in [6.07, 6.45) is 3.49. The molecule has 3 heterocycles. The van der Waals surface area contributed by atoms with E-state index in [0.29, 0.717) is 23.5 Å². The average Bonchev–Trinajstić information content (AvgIpc) is 3.31. The molecule has 160 valence electrons. The van der Waals surface area contributed by atoms with Crippen molar-refractivity contribution in [1.82, 2.24) is 20.1 Å². The molecule has 1 amide bonds. The number of aromatic hydroxyl groups is 1. The van der Waals surface area contributed by atoms with E-state index in [1.165, 1.54) is 0 Å². The summed E-state index contributed by atoms with van der Waals surface area (Å²) in [5.74, 6) is 0.0486. The van der Waals surface area contributed by atoms with Crippen molar-refractivity contribution >= 4 is 21.8 Å². The minimum atomic E-state index is -0.357. The number of carbonyl (C=O) groups excluding carboxylic acids is 1. The number of carbonyl (C=O) groups is 1. The fraction of sp³-hybridized carbons (Fsp3) is 0.160. The smallest absolute Gasteiger partial charge is 0.273 e. The van der Waals surface area contributed by atoms with Crippen molar-refractivity contribution in [2.24, 2.45) is 0 Å². The Hall–Kier alpha value is -3.45. The van der Waals surface area contributed by atoms with Crippen LogP contribution in [0.4, 0.5) is 0 Å². The van der Waals surface area contributed by atoms with Crippen LogP contribution in [-0.2, 0) is 6.54 Å². The van der Waals surface area contributed by atoms with Crippen molar-refractivity contribution < 1.29 is 9.90 Å². The molecule has 0 spiro atoms. The fourth-order valence-corrected chi connectivity index (χ4v) is 4.83. The lowest BCUT2D eigenvalue weighted by Crippen LogP contribution is -2.29. The number of hydrogen-bond acceptors (Lipinski definition) is 4. The Morgan fingerprint density at radius 2 is 2.00 bits per heavy atom. The van der Waals surface area contributed by atoms with Gasteiger partial charge in [0, 0.05) is 34.5 Å². The minimum absolute atomic E-state index is 0.128. The molecule has 1 aliphatic rings. The number of H-pyrrole nitrogens is 1. The highest BCUT2D eigenvalue weighted by Crippen LogP contribution is 2.46. The number of halogens is 1. The molecule has 4 aromatic rings. The fourth-order valence-electron chi connectivity index (χ4n) is 4.42. The van der Waals surface area contributed by atoms with Gasteiger partial charge < -0.3 is 10.0 Å². The molecule has 0 bridgehead atoms. The molecule has 32 heavy (non-hydrogen) atoms. The van der Waals surface area contributed by atoms with Crippen LogP contribution in [0.15, 0.2) is 65.4 Å². The summed E-state index contributed by atoms with van der Waals surface area (Å²) in [7, 11) is 0. The van der Waals surface area contributed by atoms with Gasteiger partial charge >= 0.3 is 0 Å². The number of amides is 1. The Labute approximate surface area is 194 Å². The molecule has 2 aromatic heterocycles. The maximum Gasteiger partial charge on any atom is 0.273 e. The summed E-state index contributed by atoms with van der Waals surface area (Å²) in [4.78, 5) is 19.5. The zero-order valence-corrected chi connectivity index (χ0v) is 19.2. The monoisotopic (exact) mass is 488 g/mol. The summed E-state index contributed by atoms with van der Waals surface area (Å²) in [6, 6.07) is 15.2. The van der Waals surface area contributed by atoms with E-state index in [-0.39, 0.29) is 17.7 Å². The number of nitrogens with one attached hydrogen (secondary N) is 1. The average molecular weight is 489 g/mol. The Balaban J connectivity index is 1.70. The highest BCUT2D eigenvalue weighted by atomic mass is 79.9. The van der Waals surface area contributed by atoms with Crippen molar-refractivity contribution in [2.75, 3.05) is 0 Å². The summed E-state index contributed by atoms with van der Waals surface area (Å²) < 4.78 is 0.927. The van der Waals surface area contributed by atoms with Gasteiger partial charge in [-0.05, 0) is 60.4 Å². The second kappa shape index (κ2) is 7.91.